The van der Waals surface area contributed by atoms with Crippen molar-refractivity contribution < 1.29 is 10.2 Å². The maximum Gasteiger partial charge on any atom is 0.138 e. The van der Waals surface area contributed by atoms with E-state index in [9.17, 15) is 5.11 Å². The van der Waals surface area contributed by atoms with Gasteiger partial charge in [-0.15, -0.1) is 12.0 Å². The number of terminal acetylenes is 1. The number of aliphatic hydroxyl groups is 2. The van der Waals surface area contributed by atoms with Crippen LogP contribution in [0.4, 0.5) is 0 Å². The quantitative estimate of drug-likeness (QED) is 0.581. The summed E-state index contributed by atoms with van der Waals surface area (Å²) < 4.78 is 0. The first-order chi connectivity index (χ1) is 7.65. The zero-order valence-electron chi connectivity index (χ0n) is 11.3. The monoisotopic (exact) mass is 250 g/mol. The van der Waals surface area contributed by atoms with Gasteiger partial charge in [-0.3, -0.25) is 0 Å². The Bertz CT molecular complexity index is 383. The van der Waals surface area contributed by atoms with Gasteiger partial charge in [0.2, 0.25) is 0 Å². The predicted octanol–water partition coefficient (Wildman–Crippen LogP) is 1.95. The molecule has 0 aromatic rings. The summed E-state index contributed by atoms with van der Waals surface area (Å²) in [4.78, 5) is 0. The first kappa shape index (κ1) is 16.0. The molecule has 2 N–H and O–H groups in total. The highest BCUT2D eigenvalue weighted by molar-refractivity contribution is 6.87. The minimum atomic E-state index is -1.65. The van der Waals surface area contributed by atoms with Crippen LogP contribution in [0.25, 0.3) is 0 Å². The van der Waals surface area contributed by atoms with E-state index in [-0.39, 0.29) is 11.6 Å². The van der Waals surface area contributed by atoms with Crippen LogP contribution in [0.5, 0.6) is 0 Å². The second-order valence-corrected chi connectivity index (χ2v) is 10.6. The largest absolute Gasteiger partial charge is 0.393 e. The van der Waals surface area contributed by atoms with E-state index < -0.39 is 14.2 Å². The van der Waals surface area contributed by atoms with Gasteiger partial charge in [0, 0.05) is 11.6 Å². The molecule has 94 valence electrons. The third-order valence-electron chi connectivity index (χ3n) is 3.19. The van der Waals surface area contributed by atoms with Gasteiger partial charge in [-0.05, 0) is 5.04 Å². The molecule has 0 heterocycles. The molecule has 1 atom stereocenters. The molecule has 3 heteroatoms. The minimum Gasteiger partial charge on any atom is -0.393 e. The molecule has 0 saturated heterocycles. The summed E-state index contributed by atoms with van der Waals surface area (Å²) >= 11 is 0. The van der Waals surface area contributed by atoms with Crippen molar-refractivity contribution in [3.8, 4) is 23.8 Å². The zero-order chi connectivity index (χ0) is 13.7. The Kier molecular flexibility index (Phi) is 5.71. The summed E-state index contributed by atoms with van der Waals surface area (Å²) in [6, 6.07) is 0. The fraction of sp³-hybridized carbons (Fsp3) is 0.571. The van der Waals surface area contributed by atoms with Crippen LogP contribution >= 0.6 is 0 Å². The Morgan fingerprint density at radius 3 is 2.29 bits per heavy atom. The molecule has 0 saturated carbocycles. The number of hydrogen-bond donors (Lipinski definition) is 2. The molecular formula is C14H22O2Si. The van der Waals surface area contributed by atoms with Gasteiger partial charge >= 0.3 is 0 Å². The lowest BCUT2D eigenvalue weighted by Crippen LogP contribution is -2.35. The van der Waals surface area contributed by atoms with Crippen molar-refractivity contribution in [2.45, 2.75) is 45.0 Å². The molecular weight excluding hydrogens is 228 g/mol. The third-order valence-corrected chi connectivity index (χ3v) is 7.71. The molecule has 0 bridgehead atoms. The Morgan fingerprint density at radius 2 is 1.94 bits per heavy atom. The number of allylic oxidation sites excluding steroid dienone is 1. The van der Waals surface area contributed by atoms with Gasteiger partial charge in [0.15, 0.2) is 0 Å². The number of hydrogen-bond acceptors (Lipinski definition) is 2. The van der Waals surface area contributed by atoms with Crippen molar-refractivity contribution in [3.63, 3.8) is 0 Å². The predicted molar refractivity (Wildman–Crippen MR) is 75.0 cm³/mol. The summed E-state index contributed by atoms with van der Waals surface area (Å²) in [6.45, 7) is 10.6. The molecule has 0 rings (SSSR count). The normalized spacial score (nSPS) is 14.6. The van der Waals surface area contributed by atoms with E-state index in [1.54, 1.807) is 0 Å². The van der Waals surface area contributed by atoms with Gasteiger partial charge in [0.25, 0.3) is 0 Å². The number of aliphatic hydroxyl groups excluding tert-OH is 2. The van der Waals surface area contributed by atoms with E-state index in [4.69, 9.17) is 11.5 Å². The van der Waals surface area contributed by atoms with Gasteiger partial charge in [-0.25, -0.2) is 0 Å². The maximum atomic E-state index is 9.39. The molecule has 0 amide bonds. The number of rotatable bonds is 2. The molecule has 17 heavy (non-hydrogen) atoms. The van der Waals surface area contributed by atoms with Crippen molar-refractivity contribution in [1.82, 2.24) is 0 Å². The molecule has 0 unspecified atom stereocenters. The van der Waals surface area contributed by atoms with Crippen LogP contribution in [0.3, 0.4) is 0 Å². The summed E-state index contributed by atoms with van der Waals surface area (Å²) in [5.41, 5.74) is 3.60. The molecule has 0 aliphatic heterocycles. The second-order valence-electron chi connectivity index (χ2n) is 5.59. The maximum absolute atomic E-state index is 9.39. The summed E-state index contributed by atoms with van der Waals surface area (Å²) in [6.07, 6.45) is 5.76. The molecule has 0 fully saturated rings. The Labute approximate surface area is 106 Å². The molecule has 2 nitrogen and oxygen atoms in total. The lowest BCUT2D eigenvalue weighted by atomic mass is 10.1. The fourth-order valence-electron chi connectivity index (χ4n) is 0.814. The highest BCUT2D eigenvalue weighted by Crippen LogP contribution is 2.35. The van der Waals surface area contributed by atoms with Crippen LogP contribution in [0.1, 0.15) is 20.8 Å². The van der Waals surface area contributed by atoms with Gasteiger partial charge in [-0.1, -0.05) is 45.7 Å². The first-order valence-electron chi connectivity index (χ1n) is 5.64. The van der Waals surface area contributed by atoms with Crippen LogP contribution in [0, 0.1) is 23.8 Å². The summed E-state index contributed by atoms with van der Waals surface area (Å²) in [7, 11) is -1.65. The fourth-order valence-corrected chi connectivity index (χ4v) is 1.62. The van der Waals surface area contributed by atoms with Crippen LogP contribution in [0.15, 0.2) is 11.6 Å². The third kappa shape index (κ3) is 4.79. The second kappa shape index (κ2) is 6.07. The van der Waals surface area contributed by atoms with Crippen molar-refractivity contribution in [3.05, 3.63) is 11.6 Å². The van der Waals surface area contributed by atoms with Crippen molar-refractivity contribution in [2.24, 2.45) is 0 Å². The molecule has 0 aliphatic rings. The molecule has 0 spiro atoms. The van der Waals surface area contributed by atoms with E-state index in [1.807, 2.05) is 0 Å². The first-order valence-corrected chi connectivity index (χ1v) is 8.64. The highest BCUT2D eigenvalue weighted by atomic mass is 28.3. The average Bonchev–Trinajstić information content (AvgIpc) is 2.21. The lowest BCUT2D eigenvalue weighted by molar-refractivity contribution is 0.126. The van der Waals surface area contributed by atoms with Gasteiger partial charge in [0.05, 0.1) is 6.61 Å². The van der Waals surface area contributed by atoms with Gasteiger partial charge in [-0.2, -0.15) is 0 Å². The van der Waals surface area contributed by atoms with Crippen molar-refractivity contribution in [2.75, 3.05) is 6.61 Å². The molecule has 0 radical (unpaired) electrons. The van der Waals surface area contributed by atoms with Crippen LogP contribution in [-0.2, 0) is 0 Å². The lowest BCUT2D eigenvalue weighted by Gasteiger charge is -2.31. The Morgan fingerprint density at radius 1 is 1.41 bits per heavy atom. The van der Waals surface area contributed by atoms with E-state index in [0.29, 0.717) is 5.57 Å². The summed E-state index contributed by atoms with van der Waals surface area (Å²) in [5.74, 6) is 5.28. The van der Waals surface area contributed by atoms with Gasteiger partial charge in [0.1, 0.15) is 14.2 Å². The van der Waals surface area contributed by atoms with E-state index in [1.165, 1.54) is 6.08 Å². The highest BCUT2D eigenvalue weighted by Gasteiger charge is 2.33. The van der Waals surface area contributed by atoms with Crippen LogP contribution in [0.2, 0.25) is 18.1 Å². The molecule has 0 aromatic heterocycles. The summed E-state index contributed by atoms with van der Waals surface area (Å²) in [5, 5.41) is 18.4. The smallest absolute Gasteiger partial charge is 0.138 e. The van der Waals surface area contributed by atoms with Crippen molar-refractivity contribution >= 4 is 8.07 Å². The topological polar surface area (TPSA) is 40.5 Å². The van der Waals surface area contributed by atoms with Crippen LogP contribution in [-0.4, -0.2) is 31.0 Å². The van der Waals surface area contributed by atoms with E-state index in [0.717, 1.165) is 0 Å². The van der Waals surface area contributed by atoms with E-state index in [2.05, 4.69) is 51.2 Å². The zero-order valence-corrected chi connectivity index (χ0v) is 12.3. The Hall–Kier alpha value is -1.00. The average molecular weight is 250 g/mol. The molecule has 0 aliphatic carbocycles. The molecule has 0 aromatic carbocycles. The van der Waals surface area contributed by atoms with Crippen molar-refractivity contribution in [1.29, 1.82) is 0 Å². The minimum absolute atomic E-state index is 0.194. The van der Waals surface area contributed by atoms with Gasteiger partial charge < -0.3 is 10.2 Å². The Balaban J connectivity index is 5.01. The van der Waals surface area contributed by atoms with E-state index >= 15 is 0 Å². The SMILES string of the molecule is C#C/C(=C\C#C[Si](C)(C)C(C)(C)C)[C@H](O)CO. The standard InChI is InChI=1S/C14H22O2Si/c1-7-12(13(16)11-15)9-8-10-17(5,6)14(2,3)4/h1,9,13,15-16H,11H2,2-6H3/b12-9+/t13-/m1/s1. The van der Waals surface area contributed by atoms with Crippen LogP contribution < -0.4 is 0 Å².